The van der Waals surface area contributed by atoms with Crippen molar-refractivity contribution in [2.45, 2.75) is 6.92 Å². The van der Waals surface area contributed by atoms with Crippen molar-refractivity contribution in [1.29, 1.82) is 0 Å². The number of hydrogen-bond donors (Lipinski definition) is 0. The fraction of sp³-hybridized carbons (Fsp3) is 0.400. The van der Waals surface area contributed by atoms with Gasteiger partial charge in [-0.05, 0) is 19.1 Å². The Kier molecular flexibility index (Phi) is 4.37. The maximum absolute atomic E-state index is 11.2. The molecule has 0 aliphatic heterocycles. The molecule has 0 amide bonds. The first-order chi connectivity index (χ1) is 7.13. The number of carbonyl (C=O) groups is 1. The Hall–Kier alpha value is -1.29. The lowest BCUT2D eigenvalue weighted by atomic mass is 10.4. The largest absolute Gasteiger partial charge is 0.465 e. The van der Waals surface area contributed by atoms with E-state index in [-0.39, 0.29) is 12.5 Å². The summed E-state index contributed by atoms with van der Waals surface area (Å²) in [6.07, 6.45) is 1.61. The van der Waals surface area contributed by atoms with E-state index in [2.05, 4.69) is 4.98 Å². The molecule has 0 aliphatic carbocycles. The first-order valence-electron chi connectivity index (χ1n) is 4.61. The van der Waals surface area contributed by atoms with Crippen LogP contribution in [0.25, 0.3) is 0 Å². The van der Waals surface area contributed by atoms with Crippen LogP contribution in [-0.2, 0) is 9.53 Å². The van der Waals surface area contributed by atoms with Crippen LogP contribution in [0.15, 0.2) is 18.3 Å². The molecule has 0 spiro atoms. The van der Waals surface area contributed by atoms with Crippen molar-refractivity contribution >= 4 is 23.3 Å². The minimum absolute atomic E-state index is 0.206. The number of halogens is 1. The first kappa shape index (κ1) is 11.8. The zero-order valence-electron chi connectivity index (χ0n) is 8.74. The van der Waals surface area contributed by atoms with Crippen molar-refractivity contribution in [2.24, 2.45) is 0 Å². The number of aromatic nitrogens is 1. The summed E-state index contributed by atoms with van der Waals surface area (Å²) in [5.74, 6) is -0.255. The van der Waals surface area contributed by atoms with Gasteiger partial charge in [0, 0.05) is 7.05 Å². The van der Waals surface area contributed by atoms with Gasteiger partial charge in [0.2, 0.25) is 0 Å². The van der Waals surface area contributed by atoms with Gasteiger partial charge in [-0.15, -0.1) is 0 Å². The number of likely N-dealkylation sites (N-methyl/N-ethyl adjacent to an activating group) is 1. The van der Waals surface area contributed by atoms with Gasteiger partial charge < -0.3 is 9.64 Å². The number of nitrogens with zero attached hydrogens (tertiary/aromatic N) is 2. The third-order valence-electron chi connectivity index (χ3n) is 1.82. The summed E-state index contributed by atoms with van der Waals surface area (Å²) >= 11 is 5.65. The Labute approximate surface area is 93.8 Å². The molecule has 0 N–H and O–H groups in total. The van der Waals surface area contributed by atoms with E-state index in [9.17, 15) is 4.79 Å². The van der Waals surface area contributed by atoms with Crippen LogP contribution in [-0.4, -0.2) is 31.2 Å². The van der Waals surface area contributed by atoms with E-state index in [0.717, 1.165) is 5.69 Å². The van der Waals surface area contributed by atoms with Crippen LogP contribution in [0.3, 0.4) is 0 Å². The second-order valence-corrected chi connectivity index (χ2v) is 3.39. The van der Waals surface area contributed by atoms with E-state index < -0.39 is 0 Å². The molecule has 1 heterocycles. The van der Waals surface area contributed by atoms with Crippen molar-refractivity contribution in [3.63, 3.8) is 0 Å². The molecule has 1 aromatic heterocycles. The highest BCUT2D eigenvalue weighted by Gasteiger charge is 2.07. The maximum atomic E-state index is 11.2. The molecule has 0 saturated heterocycles. The third-order valence-corrected chi connectivity index (χ3v) is 2.05. The molecule has 82 valence electrons. The molecule has 5 heteroatoms. The zero-order chi connectivity index (χ0) is 11.3. The second kappa shape index (κ2) is 5.56. The fourth-order valence-electron chi connectivity index (χ4n) is 1.09. The number of anilines is 1. The van der Waals surface area contributed by atoms with Crippen molar-refractivity contribution < 1.29 is 9.53 Å². The van der Waals surface area contributed by atoms with E-state index in [1.807, 2.05) is 0 Å². The van der Waals surface area contributed by atoms with Gasteiger partial charge in [-0.1, -0.05) is 11.6 Å². The number of pyridine rings is 1. The lowest BCUT2D eigenvalue weighted by Crippen LogP contribution is -2.27. The number of ether oxygens (including phenoxy) is 1. The molecule has 0 bridgehead atoms. The van der Waals surface area contributed by atoms with E-state index in [1.165, 1.54) is 0 Å². The Balaban J connectivity index is 2.57. The molecular formula is C10H13ClN2O2. The standard InChI is InChI=1S/C10H13ClN2O2/c1-3-15-10(14)7-13(2)8-4-5-9(11)12-6-8/h4-6H,3,7H2,1-2H3. The minimum atomic E-state index is -0.255. The average Bonchev–Trinajstić information content (AvgIpc) is 2.18. The molecule has 0 radical (unpaired) electrons. The van der Waals surface area contributed by atoms with E-state index in [1.54, 1.807) is 37.2 Å². The molecule has 1 rings (SSSR count). The normalized spacial score (nSPS) is 9.80. The van der Waals surface area contributed by atoms with Gasteiger partial charge in [-0.2, -0.15) is 0 Å². The molecule has 1 aromatic rings. The van der Waals surface area contributed by atoms with Gasteiger partial charge >= 0.3 is 5.97 Å². The summed E-state index contributed by atoms with van der Waals surface area (Å²) in [5.41, 5.74) is 0.826. The summed E-state index contributed by atoms with van der Waals surface area (Å²) in [4.78, 5) is 16.9. The highest BCUT2D eigenvalue weighted by Crippen LogP contribution is 2.13. The Bertz CT molecular complexity index is 327. The van der Waals surface area contributed by atoms with Crippen LogP contribution in [0.2, 0.25) is 5.15 Å². The molecule has 0 fully saturated rings. The van der Waals surface area contributed by atoms with Crippen LogP contribution in [0.5, 0.6) is 0 Å². The van der Waals surface area contributed by atoms with E-state index in [0.29, 0.717) is 11.8 Å². The number of hydrogen-bond acceptors (Lipinski definition) is 4. The summed E-state index contributed by atoms with van der Waals surface area (Å²) < 4.78 is 4.83. The topological polar surface area (TPSA) is 42.4 Å². The van der Waals surface area contributed by atoms with Crippen molar-refractivity contribution in [2.75, 3.05) is 25.1 Å². The molecule has 4 nitrogen and oxygen atoms in total. The van der Waals surface area contributed by atoms with E-state index >= 15 is 0 Å². The molecule has 0 aliphatic rings. The summed E-state index contributed by atoms with van der Waals surface area (Å²) in [7, 11) is 1.79. The van der Waals surface area contributed by atoms with Gasteiger partial charge in [0.15, 0.2) is 0 Å². The predicted octanol–water partition coefficient (Wildman–Crippen LogP) is 1.73. The van der Waals surface area contributed by atoms with Gasteiger partial charge in [0.1, 0.15) is 11.7 Å². The van der Waals surface area contributed by atoms with Crippen LogP contribution < -0.4 is 4.90 Å². The minimum Gasteiger partial charge on any atom is -0.465 e. The van der Waals surface area contributed by atoms with Crippen molar-refractivity contribution in [3.05, 3.63) is 23.5 Å². The van der Waals surface area contributed by atoms with Crippen molar-refractivity contribution in [3.8, 4) is 0 Å². The Morgan fingerprint density at radius 3 is 2.87 bits per heavy atom. The highest BCUT2D eigenvalue weighted by atomic mass is 35.5. The SMILES string of the molecule is CCOC(=O)CN(C)c1ccc(Cl)nc1. The molecule has 15 heavy (non-hydrogen) atoms. The van der Waals surface area contributed by atoms with Crippen LogP contribution in [0.4, 0.5) is 5.69 Å². The summed E-state index contributed by atoms with van der Waals surface area (Å²) in [6.45, 7) is 2.38. The van der Waals surface area contributed by atoms with E-state index in [4.69, 9.17) is 16.3 Å². The number of carbonyl (C=O) groups excluding carboxylic acids is 1. The van der Waals surface area contributed by atoms with Crippen LogP contribution in [0.1, 0.15) is 6.92 Å². The molecule has 0 unspecified atom stereocenters. The van der Waals surface area contributed by atoms with Gasteiger partial charge in [0.25, 0.3) is 0 Å². The number of esters is 1. The quantitative estimate of drug-likeness (QED) is 0.582. The van der Waals surface area contributed by atoms with Crippen LogP contribution >= 0.6 is 11.6 Å². The first-order valence-corrected chi connectivity index (χ1v) is 4.99. The molecule has 0 aromatic carbocycles. The third kappa shape index (κ3) is 3.75. The van der Waals surface area contributed by atoms with Gasteiger partial charge in [0.05, 0.1) is 18.5 Å². The maximum Gasteiger partial charge on any atom is 0.325 e. The zero-order valence-corrected chi connectivity index (χ0v) is 9.49. The molecular weight excluding hydrogens is 216 g/mol. The van der Waals surface area contributed by atoms with Gasteiger partial charge in [-0.25, -0.2) is 4.98 Å². The molecule has 0 saturated carbocycles. The van der Waals surface area contributed by atoms with Gasteiger partial charge in [-0.3, -0.25) is 4.79 Å². The lowest BCUT2D eigenvalue weighted by molar-refractivity contribution is -0.141. The Morgan fingerprint density at radius 2 is 2.33 bits per heavy atom. The Morgan fingerprint density at radius 1 is 1.60 bits per heavy atom. The highest BCUT2D eigenvalue weighted by molar-refractivity contribution is 6.29. The monoisotopic (exact) mass is 228 g/mol. The summed E-state index contributed by atoms with van der Waals surface area (Å²) in [5, 5.41) is 0.434. The lowest BCUT2D eigenvalue weighted by Gasteiger charge is -2.17. The fourth-order valence-corrected chi connectivity index (χ4v) is 1.20. The predicted molar refractivity (Wildman–Crippen MR) is 59.2 cm³/mol. The average molecular weight is 229 g/mol. The number of rotatable bonds is 4. The summed E-state index contributed by atoms with van der Waals surface area (Å²) in [6, 6.07) is 3.48. The van der Waals surface area contributed by atoms with Crippen LogP contribution in [0, 0.1) is 0 Å². The van der Waals surface area contributed by atoms with Crippen molar-refractivity contribution in [1.82, 2.24) is 4.98 Å². The second-order valence-electron chi connectivity index (χ2n) is 3.00. The smallest absolute Gasteiger partial charge is 0.325 e. The molecule has 0 atom stereocenters.